The van der Waals surface area contributed by atoms with Gasteiger partial charge in [-0.25, -0.2) is 0 Å². The highest BCUT2D eigenvalue weighted by Crippen LogP contribution is 2.22. The lowest BCUT2D eigenvalue weighted by Crippen LogP contribution is -2.37. The smallest absolute Gasteiger partial charge is 0.317 e. The monoisotopic (exact) mass is 382 g/mol. The van der Waals surface area contributed by atoms with E-state index in [0.717, 1.165) is 25.0 Å². The summed E-state index contributed by atoms with van der Waals surface area (Å²) < 4.78 is 5.77. The van der Waals surface area contributed by atoms with Crippen molar-refractivity contribution in [3.05, 3.63) is 60.2 Å². The maximum Gasteiger partial charge on any atom is 0.317 e. The van der Waals surface area contributed by atoms with Gasteiger partial charge in [0.2, 0.25) is 0 Å². The molecule has 1 fully saturated rings. The molecule has 1 heterocycles. The number of carboxylic acid groups (broad SMARTS) is 1. The number of para-hydroxylation sites is 1. The summed E-state index contributed by atoms with van der Waals surface area (Å²) in [4.78, 5) is 27.5. The molecule has 0 radical (unpaired) electrons. The van der Waals surface area contributed by atoms with E-state index in [2.05, 4.69) is 0 Å². The molecular weight excluding hydrogens is 356 g/mol. The van der Waals surface area contributed by atoms with Crippen LogP contribution >= 0.6 is 0 Å². The molecule has 2 aromatic carbocycles. The Labute approximate surface area is 165 Å². The molecular formula is C22H26N2O4. The van der Waals surface area contributed by atoms with Crippen molar-refractivity contribution in [2.24, 2.45) is 0 Å². The van der Waals surface area contributed by atoms with Gasteiger partial charge < -0.3 is 14.7 Å². The predicted molar refractivity (Wildman–Crippen MR) is 107 cm³/mol. The number of ether oxygens (including phenoxy) is 1. The molecule has 28 heavy (non-hydrogen) atoms. The molecule has 0 saturated carbocycles. The number of hydrogen-bond acceptors (Lipinski definition) is 4. The Morgan fingerprint density at radius 1 is 1.04 bits per heavy atom. The van der Waals surface area contributed by atoms with Crippen LogP contribution in [-0.4, -0.2) is 59.5 Å². The van der Waals surface area contributed by atoms with Crippen LogP contribution in [0, 0.1) is 0 Å². The third-order valence-electron chi connectivity index (χ3n) is 5.07. The standard InChI is InChI=1S/C22H26N2O4/c1-23(16-21(25)26)18-6-5-14-24(15-13-18)22(27)17-9-11-20(12-10-17)28-19-7-3-2-4-8-19/h2-4,7-12,18H,5-6,13-16H2,1H3,(H,25,26)/t18-/m0/s1. The fourth-order valence-electron chi connectivity index (χ4n) is 3.54. The zero-order valence-corrected chi connectivity index (χ0v) is 16.1. The average molecular weight is 382 g/mol. The predicted octanol–water partition coefficient (Wildman–Crippen LogP) is 3.49. The Kier molecular flexibility index (Phi) is 6.66. The van der Waals surface area contributed by atoms with Gasteiger partial charge in [0.05, 0.1) is 6.54 Å². The number of amides is 1. The summed E-state index contributed by atoms with van der Waals surface area (Å²) in [6.45, 7) is 1.36. The molecule has 3 rings (SSSR count). The van der Waals surface area contributed by atoms with Gasteiger partial charge in [-0.2, -0.15) is 0 Å². The van der Waals surface area contributed by atoms with Crippen LogP contribution in [0.2, 0.25) is 0 Å². The Hall–Kier alpha value is -2.86. The fraction of sp³-hybridized carbons (Fsp3) is 0.364. The highest BCUT2D eigenvalue weighted by molar-refractivity contribution is 5.94. The fourth-order valence-corrected chi connectivity index (χ4v) is 3.54. The number of carboxylic acids is 1. The Bertz CT molecular complexity index is 792. The first-order valence-electron chi connectivity index (χ1n) is 9.57. The quantitative estimate of drug-likeness (QED) is 0.828. The number of benzene rings is 2. The number of nitrogens with zero attached hydrogens (tertiary/aromatic N) is 2. The zero-order valence-electron chi connectivity index (χ0n) is 16.1. The van der Waals surface area contributed by atoms with E-state index in [1.54, 1.807) is 12.1 Å². The van der Waals surface area contributed by atoms with E-state index in [4.69, 9.17) is 9.84 Å². The molecule has 0 spiro atoms. The highest BCUT2D eigenvalue weighted by Gasteiger charge is 2.24. The summed E-state index contributed by atoms with van der Waals surface area (Å²) >= 11 is 0. The first-order valence-corrected chi connectivity index (χ1v) is 9.57. The molecule has 1 amide bonds. The van der Waals surface area contributed by atoms with Crippen molar-refractivity contribution in [2.45, 2.75) is 25.3 Å². The van der Waals surface area contributed by atoms with E-state index in [9.17, 15) is 9.59 Å². The first kappa shape index (κ1) is 19.9. The molecule has 0 aliphatic carbocycles. The molecule has 2 aromatic rings. The van der Waals surface area contributed by atoms with Crippen molar-refractivity contribution in [1.82, 2.24) is 9.80 Å². The van der Waals surface area contributed by atoms with Crippen LogP contribution in [-0.2, 0) is 4.79 Å². The minimum Gasteiger partial charge on any atom is -0.480 e. The summed E-state index contributed by atoms with van der Waals surface area (Å²) in [6, 6.07) is 16.9. The maximum absolute atomic E-state index is 12.9. The van der Waals surface area contributed by atoms with Gasteiger partial charge in [0, 0.05) is 24.7 Å². The number of likely N-dealkylation sites (tertiary alicyclic amines) is 1. The lowest BCUT2D eigenvalue weighted by molar-refractivity contribution is -0.138. The van der Waals surface area contributed by atoms with Crippen LogP contribution in [0.4, 0.5) is 0 Å². The van der Waals surface area contributed by atoms with Crippen LogP contribution in [0.3, 0.4) is 0 Å². The van der Waals surface area contributed by atoms with Gasteiger partial charge in [0.1, 0.15) is 11.5 Å². The third-order valence-corrected chi connectivity index (χ3v) is 5.07. The molecule has 0 unspecified atom stereocenters. The summed E-state index contributed by atoms with van der Waals surface area (Å²) in [5, 5.41) is 8.97. The lowest BCUT2D eigenvalue weighted by Gasteiger charge is -2.25. The van der Waals surface area contributed by atoms with Gasteiger partial charge in [-0.1, -0.05) is 18.2 Å². The number of carbonyl (C=O) groups is 2. The number of hydrogen-bond donors (Lipinski definition) is 1. The second kappa shape index (κ2) is 9.37. The number of carbonyl (C=O) groups excluding carboxylic acids is 1. The summed E-state index contributed by atoms with van der Waals surface area (Å²) in [6.07, 6.45) is 2.55. The van der Waals surface area contributed by atoms with Crippen LogP contribution in [0.25, 0.3) is 0 Å². The van der Waals surface area contributed by atoms with E-state index >= 15 is 0 Å². The van der Waals surface area contributed by atoms with Gasteiger partial charge in [0.25, 0.3) is 5.91 Å². The maximum atomic E-state index is 12.9. The van der Waals surface area contributed by atoms with Crippen molar-refractivity contribution >= 4 is 11.9 Å². The SMILES string of the molecule is CN(CC(=O)O)[C@H]1CCCN(C(=O)c2ccc(Oc3ccccc3)cc2)CC1. The molecule has 0 aromatic heterocycles. The summed E-state index contributed by atoms with van der Waals surface area (Å²) in [5.41, 5.74) is 0.637. The molecule has 1 aliphatic rings. The summed E-state index contributed by atoms with van der Waals surface area (Å²) in [5.74, 6) is 0.630. The van der Waals surface area contributed by atoms with Crippen molar-refractivity contribution in [3.8, 4) is 11.5 Å². The first-order chi connectivity index (χ1) is 13.5. The minimum absolute atomic E-state index is 0.00722. The van der Waals surface area contributed by atoms with Crippen LogP contribution in [0.15, 0.2) is 54.6 Å². The van der Waals surface area contributed by atoms with Crippen molar-refractivity contribution in [2.75, 3.05) is 26.7 Å². The van der Waals surface area contributed by atoms with Gasteiger partial charge in [0.15, 0.2) is 0 Å². The molecule has 6 heteroatoms. The highest BCUT2D eigenvalue weighted by atomic mass is 16.5. The normalized spacial score (nSPS) is 17.2. The van der Waals surface area contributed by atoms with Gasteiger partial charge in [-0.3, -0.25) is 14.5 Å². The molecule has 1 N–H and O–H groups in total. The van der Waals surface area contributed by atoms with Gasteiger partial charge in [-0.05, 0) is 62.7 Å². The van der Waals surface area contributed by atoms with Crippen LogP contribution in [0.5, 0.6) is 11.5 Å². The topological polar surface area (TPSA) is 70.1 Å². The molecule has 1 saturated heterocycles. The van der Waals surface area contributed by atoms with E-state index < -0.39 is 5.97 Å². The van der Waals surface area contributed by atoms with Crippen molar-refractivity contribution in [1.29, 1.82) is 0 Å². The largest absolute Gasteiger partial charge is 0.480 e. The lowest BCUT2D eigenvalue weighted by atomic mass is 10.1. The van der Waals surface area contributed by atoms with Crippen LogP contribution < -0.4 is 4.74 Å². The second-order valence-electron chi connectivity index (χ2n) is 7.13. The number of rotatable bonds is 6. The molecule has 1 atom stereocenters. The Morgan fingerprint density at radius 3 is 2.39 bits per heavy atom. The van der Waals surface area contributed by atoms with E-state index in [1.165, 1.54) is 0 Å². The molecule has 0 bridgehead atoms. The summed E-state index contributed by atoms with van der Waals surface area (Å²) in [7, 11) is 1.84. The van der Waals surface area contributed by atoms with Crippen molar-refractivity contribution in [3.63, 3.8) is 0 Å². The molecule has 6 nitrogen and oxygen atoms in total. The van der Waals surface area contributed by atoms with E-state index in [1.807, 2.05) is 59.3 Å². The van der Waals surface area contributed by atoms with Gasteiger partial charge >= 0.3 is 5.97 Å². The van der Waals surface area contributed by atoms with Crippen LogP contribution in [0.1, 0.15) is 29.6 Å². The molecule has 1 aliphatic heterocycles. The zero-order chi connectivity index (χ0) is 19.9. The number of aliphatic carboxylic acids is 1. The third kappa shape index (κ3) is 5.33. The van der Waals surface area contributed by atoms with E-state index in [-0.39, 0.29) is 18.5 Å². The minimum atomic E-state index is -0.822. The number of likely N-dealkylation sites (N-methyl/N-ethyl adjacent to an activating group) is 1. The Balaban J connectivity index is 1.58. The average Bonchev–Trinajstić information content (AvgIpc) is 2.95. The van der Waals surface area contributed by atoms with Gasteiger partial charge in [-0.15, -0.1) is 0 Å². The Morgan fingerprint density at radius 2 is 1.71 bits per heavy atom. The van der Waals surface area contributed by atoms with Crippen molar-refractivity contribution < 1.29 is 19.4 Å². The van der Waals surface area contributed by atoms with E-state index in [0.29, 0.717) is 24.4 Å². The molecule has 148 valence electrons. The second-order valence-corrected chi connectivity index (χ2v) is 7.13.